The van der Waals surface area contributed by atoms with Crippen LogP contribution in [-0.4, -0.2) is 48.7 Å². The van der Waals surface area contributed by atoms with Gasteiger partial charge in [0.2, 0.25) is 0 Å². The van der Waals surface area contributed by atoms with Gasteiger partial charge in [0.15, 0.2) is 0 Å². The highest BCUT2D eigenvalue weighted by molar-refractivity contribution is 5.00. The predicted octanol–water partition coefficient (Wildman–Crippen LogP) is 1.72. The Kier molecular flexibility index (Phi) is 3.76. The molecule has 0 aromatic rings. The molecule has 2 rings (SSSR count). The molecule has 1 N–H and O–H groups in total. The molecule has 2 aliphatic rings. The molecule has 2 fully saturated rings. The SMILES string of the molecule is CC(C)(C)N[C@@H]1COC2C1OC[C@H]2OC(C)(C)C. The molecule has 0 amide bonds. The standard InChI is InChI=1S/C14H27NO3/c1-13(2,3)15-9-7-16-12-10(8-17-11(9)12)18-14(4,5)6/h9-12,15H,7-8H2,1-6H3/t9-,10-,11?,12?/m1/s1. The lowest BCUT2D eigenvalue weighted by Crippen LogP contribution is -2.50. The Hall–Kier alpha value is -0.160. The Bertz CT molecular complexity index is 262. The van der Waals surface area contributed by atoms with Gasteiger partial charge < -0.3 is 19.5 Å². The quantitative estimate of drug-likeness (QED) is 0.818. The average molecular weight is 257 g/mol. The molecule has 0 spiro atoms. The molecule has 4 nitrogen and oxygen atoms in total. The van der Waals surface area contributed by atoms with Crippen LogP contribution in [0, 0.1) is 0 Å². The maximum Gasteiger partial charge on any atom is 0.114 e. The van der Waals surface area contributed by atoms with E-state index in [4.69, 9.17) is 14.2 Å². The lowest BCUT2D eigenvalue weighted by atomic mass is 10.0. The highest BCUT2D eigenvalue weighted by Gasteiger charge is 2.49. The van der Waals surface area contributed by atoms with Gasteiger partial charge in [-0.3, -0.25) is 0 Å². The number of nitrogens with one attached hydrogen (secondary N) is 1. The first-order valence-electron chi connectivity index (χ1n) is 6.84. The maximum absolute atomic E-state index is 6.01. The number of ether oxygens (including phenoxy) is 3. The Morgan fingerprint density at radius 3 is 2.11 bits per heavy atom. The van der Waals surface area contributed by atoms with Crippen LogP contribution in [0.25, 0.3) is 0 Å². The van der Waals surface area contributed by atoms with E-state index >= 15 is 0 Å². The van der Waals surface area contributed by atoms with E-state index in [9.17, 15) is 0 Å². The summed E-state index contributed by atoms with van der Waals surface area (Å²) in [6.45, 7) is 14.0. The van der Waals surface area contributed by atoms with E-state index in [1.807, 2.05) is 0 Å². The summed E-state index contributed by atoms with van der Waals surface area (Å²) in [5, 5.41) is 3.57. The van der Waals surface area contributed by atoms with Crippen LogP contribution in [0.2, 0.25) is 0 Å². The molecule has 0 bridgehead atoms. The van der Waals surface area contributed by atoms with Crippen molar-refractivity contribution in [2.24, 2.45) is 0 Å². The lowest BCUT2D eigenvalue weighted by Gasteiger charge is -2.28. The Morgan fingerprint density at radius 2 is 1.56 bits per heavy atom. The molecule has 0 radical (unpaired) electrons. The van der Waals surface area contributed by atoms with Crippen molar-refractivity contribution in [2.45, 2.75) is 77.0 Å². The molecule has 106 valence electrons. The molecule has 0 aromatic heterocycles. The monoisotopic (exact) mass is 257 g/mol. The minimum absolute atomic E-state index is 0.0572. The smallest absolute Gasteiger partial charge is 0.114 e. The summed E-state index contributed by atoms with van der Waals surface area (Å²) in [5.41, 5.74) is -0.0724. The van der Waals surface area contributed by atoms with Crippen molar-refractivity contribution in [2.75, 3.05) is 13.2 Å². The summed E-state index contributed by atoms with van der Waals surface area (Å²) in [4.78, 5) is 0. The van der Waals surface area contributed by atoms with Gasteiger partial charge in [-0.05, 0) is 41.5 Å². The van der Waals surface area contributed by atoms with E-state index in [2.05, 4.69) is 46.9 Å². The zero-order valence-corrected chi connectivity index (χ0v) is 12.4. The highest BCUT2D eigenvalue weighted by atomic mass is 16.6. The van der Waals surface area contributed by atoms with E-state index in [1.165, 1.54) is 0 Å². The molecule has 2 saturated heterocycles. The van der Waals surface area contributed by atoms with Gasteiger partial charge in [0, 0.05) is 5.54 Å². The Balaban J connectivity index is 1.95. The first kappa shape index (κ1) is 14.3. The summed E-state index contributed by atoms with van der Waals surface area (Å²) in [6, 6.07) is 0.267. The summed E-state index contributed by atoms with van der Waals surface area (Å²) in [6.07, 6.45) is 0.252. The van der Waals surface area contributed by atoms with E-state index in [1.54, 1.807) is 0 Å². The van der Waals surface area contributed by atoms with Gasteiger partial charge in [-0.25, -0.2) is 0 Å². The minimum Gasteiger partial charge on any atom is -0.371 e. The first-order valence-corrected chi connectivity index (χ1v) is 6.84. The summed E-state index contributed by atoms with van der Waals surface area (Å²) in [7, 11) is 0. The van der Waals surface area contributed by atoms with Crippen LogP contribution in [0.1, 0.15) is 41.5 Å². The topological polar surface area (TPSA) is 39.7 Å². The molecule has 0 saturated carbocycles. The van der Waals surface area contributed by atoms with Gasteiger partial charge in [0.1, 0.15) is 18.3 Å². The van der Waals surface area contributed by atoms with E-state index in [0.29, 0.717) is 13.2 Å². The third-order valence-electron chi connectivity index (χ3n) is 3.13. The second-order valence-corrected chi connectivity index (χ2v) is 7.37. The molecule has 18 heavy (non-hydrogen) atoms. The number of hydrogen-bond acceptors (Lipinski definition) is 4. The predicted molar refractivity (Wildman–Crippen MR) is 70.8 cm³/mol. The molecule has 2 heterocycles. The van der Waals surface area contributed by atoms with Gasteiger partial charge in [0.25, 0.3) is 0 Å². The fraction of sp³-hybridized carbons (Fsp3) is 1.00. The van der Waals surface area contributed by atoms with Crippen LogP contribution in [-0.2, 0) is 14.2 Å². The summed E-state index contributed by atoms with van der Waals surface area (Å²) < 4.78 is 17.8. The molecule has 2 aliphatic heterocycles. The highest BCUT2D eigenvalue weighted by Crippen LogP contribution is 2.31. The van der Waals surface area contributed by atoms with Crippen molar-refractivity contribution in [1.29, 1.82) is 0 Å². The molecule has 4 atom stereocenters. The number of fused-ring (bicyclic) bond motifs is 1. The van der Waals surface area contributed by atoms with Crippen LogP contribution in [0.5, 0.6) is 0 Å². The van der Waals surface area contributed by atoms with Crippen molar-refractivity contribution in [3.63, 3.8) is 0 Å². The molecular formula is C14H27NO3. The summed E-state index contributed by atoms with van der Waals surface area (Å²) in [5.74, 6) is 0. The van der Waals surface area contributed by atoms with Gasteiger partial charge in [-0.1, -0.05) is 0 Å². The largest absolute Gasteiger partial charge is 0.371 e. The molecule has 0 aliphatic carbocycles. The van der Waals surface area contributed by atoms with Crippen LogP contribution in [0.15, 0.2) is 0 Å². The number of rotatable bonds is 2. The zero-order chi connectivity index (χ0) is 13.6. The Morgan fingerprint density at radius 1 is 0.944 bits per heavy atom. The van der Waals surface area contributed by atoms with Crippen molar-refractivity contribution in [1.82, 2.24) is 5.32 Å². The van der Waals surface area contributed by atoms with Crippen LogP contribution < -0.4 is 5.32 Å². The van der Waals surface area contributed by atoms with E-state index in [0.717, 1.165) is 0 Å². The summed E-state index contributed by atoms with van der Waals surface area (Å²) >= 11 is 0. The lowest BCUT2D eigenvalue weighted by molar-refractivity contribution is -0.103. The van der Waals surface area contributed by atoms with Gasteiger partial charge in [0.05, 0.1) is 24.9 Å². The van der Waals surface area contributed by atoms with Crippen LogP contribution in [0.4, 0.5) is 0 Å². The third kappa shape index (κ3) is 3.44. The van der Waals surface area contributed by atoms with Crippen molar-refractivity contribution >= 4 is 0 Å². The van der Waals surface area contributed by atoms with Crippen molar-refractivity contribution in [3.05, 3.63) is 0 Å². The van der Waals surface area contributed by atoms with Crippen molar-refractivity contribution in [3.8, 4) is 0 Å². The van der Waals surface area contributed by atoms with Crippen molar-refractivity contribution < 1.29 is 14.2 Å². The number of hydrogen-bond donors (Lipinski definition) is 1. The van der Waals surface area contributed by atoms with E-state index in [-0.39, 0.29) is 35.5 Å². The minimum atomic E-state index is -0.151. The van der Waals surface area contributed by atoms with E-state index < -0.39 is 0 Å². The average Bonchev–Trinajstić information content (AvgIpc) is 2.66. The first-order chi connectivity index (χ1) is 8.16. The third-order valence-corrected chi connectivity index (χ3v) is 3.13. The van der Waals surface area contributed by atoms with Gasteiger partial charge >= 0.3 is 0 Å². The normalized spacial score (nSPS) is 37.0. The van der Waals surface area contributed by atoms with Crippen LogP contribution in [0.3, 0.4) is 0 Å². The zero-order valence-electron chi connectivity index (χ0n) is 12.4. The maximum atomic E-state index is 6.01. The molecular weight excluding hydrogens is 230 g/mol. The Labute approximate surface area is 110 Å². The fourth-order valence-corrected chi connectivity index (χ4v) is 2.70. The second kappa shape index (κ2) is 4.75. The molecule has 4 heteroatoms. The second-order valence-electron chi connectivity index (χ2n) is 7.37. The van der Waals surface area contributed by atoms with Gasteiger partial charge in [-0.15, -0.1) is 0 Å². The van der Waals surface area contributed by atoms with Crippen LogP contribution >= 0.6 is 0 Å². The molecule has 0 aromatic carbocycles. The van der Waals surface area contributed by atoms with Gasteiger partial charge in [-0.2, -0.15) is 0 Å². The molecule has 2 unspecified atom stereocenters. The fourth-order valence-electron chi connectivity index (χ4n) is 2.70.